The molecule has 4 rings (SSSR count). The molecule has 4 heterocycles. The van der Waals surface area contributed by atoms with E-state index in [1.807, 2.05) is 25.8 Å². The van der Waals surface area contributed by atoms with Crippen LogP contribution in [0.4, 0.5) is 0 Å². The normalized spacial score (nSPS) is 36.6. The van der Waals surface area contributed by atoms with Crippen LogP contribution in [0.25, 0.3) is 0 Å². The first kappa shape index (κ1) is 57.4. The SMILES string of the molecule is CC[C@H]1OC(=O)C[C@@H](O)[C@H](C)[C@@H](O[C@@H]2O[C@H](C)[C@@H](O)C(N(C)C)C2O)[C@@H](CCN(C)Cc2cn(C[C@H]3O[C@H](C)[C@H](OC(C)=O)[C@@H](OC(C)=O)[C@@H]3OC(C)=O)nn2)C[C@@H](C)C(=O)/C=C/C(C)=C/[C@@H]1CO. The molecule has 0 bridgehead atoms. The van der Waals surface area contributed by atoms with Crippen LogP contribution >= 0.6 is 0 Å². The molecule has 1 aromatic rings. The summed E-state index contributed by atoms with van der Waals surface area (Å²) in [5.74, 6) is -5.17. The van der Waals surface area contributed by atoms with E-state index in [1.54, 1.807) is 65.0 Å². The summed E-state index contributed by atoms with van der Waals surface area (Å²) in [6.45, 7) is 14.5. The summed E-state index contributed by atoms with van der Waals surface area (Å²) in [4.78, 5) is 67.4. The van der Waals surface area contributed by atoms with Crippen LogP contribution in [0.15, 0.2) is 30.0 Å². The molecule has 0 saturated carbocycles. The minimum Gasteiger partial charge on any atom is -0.462 e. The lowest BCUT2D eigenvalue weighted by Crippen LogP contribution is -2.63. The van der Waals surface area contributed by atoms with Crippen molar-refractivity contribution in [3.8, 4) is 0 Å². The Morgan fingerprint density at radius 1 is 0.855 bits per heavy atom. The predicted molar refractivity (Wildman–Crippen MR) is 246 cm³/mol. The molecule has 2 unspecified atom stereocenters. The molecule has 0 aliphatic carbocycles. The number of aromatic nitrogens is 3. The van der Waals surface area contributed by atoms with Crippen LogP contribution in [0.3, 0.4) is 0 Å². The third-order valence-electron chi connectivity index (χ3n) is 13.2. The Balaban J connectivity index is 1.64. The number of nitrogens with zero attached hydrogens (tertiary/aromatic N) is 5. The quantitative estimate of drug-likeness (QED) is 0.143. The van der Waals surface area contributed by atoms with Gasteiger partial charge in [-0.15, -0.1) is 5.10 Å². The summed E-state index contributed by atoms with van der Waals surface area (Å²) in [5.41, 5.74) is 1.25. The van der Waals surface area contributed by atoms with Crippen molar-refractivity contribution >= 4 is 29.7 Å². The standard InChI is InChI=1S/C48H77N5O16/c1-13-38-34(24-54)18-25(2)14-15-36(58)26(3)19-33(44(27(4)37(59)20-40(60)68-38)69-48-43(62)41(51(10)11)42(61)28(5)64-48)16-17-52(12)21-35-22-53(50-49-35)23-39-46(66-31(8)56)47(67-32(9)57)45(29(6)63-39)65-30(7)55/h14-15,18,22,26-29,33-34,37-39,41-48,54,59,61-62H,13,16-17,19-21,23-24H2,1-12H3/b15-14+,25-18+/t26-,27+,28-,29-,33+,34-,37-,38-,39-,41?,42-,43?,44-,45+,46-,47-,48+/m1/s1. The molecule has 0 radical (unpaired) electrons. The summed E-state index contributed by atoms with van der Waals surface area (Å²) in [7, 11) is 5.32. The van der Waals surface area contributed by atoms with Crippen molar-refractivity contribution in [1.82, 2.24) is 24.8 Å². The number of ether oxygens (including phenoxy) is 7. The highest BCUT2D eigenvalue weighted by molar-refractivity contribution is 5.91. The molecule has 0 amide bonds. The maximum Gasteiger partial charge on any atom is 0.308 e. The first-order valence-electron chi connectivity index (χ1n) is 23.9. The summed E-state index contributed by atoms with van der Waals surface area (Å²) in [6, 6.07) is -0.765. The molecule has 3 aliphatic rings. The number of carbonyl (C=O) groups excluding carboxylic acids is 5. The first-order chi connectivity index (χ1) is 32.4. The summed E-state index contributed by atoms with van der Waals surface area (Å²) < 4.78 is 43.0. The van der Waals surface area contributed by atoms with E-state index in [0.29, 0.717) is 37.2 Å². The van der Waals surface area contributed by atoms with Crippen LogP contribution in [0, 0.1) is 23.7 Å². The van der Waals surface area contributed by atoms with Crippen LogP contribution in [0.1, 0.15) is 93.7 Å². The number of allylic oxidation sites excluding steroid dienone is 3. The van der Waals surface area contributed by atoms with Gasteiger partial charge < -0.3 is 63.4 Å². The number of cyclic esters (lactones) is 1. The molecule has 21 nitrogen and oxygen atoms in total. The second-order valence-electron chi connectivity index (χ2n) is 19.3. The van der Waals surface area contributed by atoms with Gasteiger partial charge in [0.05, 0.1) is 61.8 Å². The molecule has 0 aromatic carbocycles. The minimum absolute atomic E-state index is 0.0224. The van der Waals surface area contributed by atoms with E-state index in [9.17, 15) is 44.4 Å². The lowest BCUT2D eigenvalue weighted by atomic mass is 9.79. The topological polar surface area (TPSA) is 268 Å². The van der Waals surface area contributed by atoms with Crippen molar-refractivity contribution in [2.75, 3.05) is 34.3 Å². The zero-order valence-corrected chi connectivity index (χ0v) is 42.2. The smallest absolute Gasteiger partial charge is 0.308 e. The predicted octanol–water partition coefficient (Wildman–Crippen LogP) is 1.51. The lowest BCUT2D eigenvalue weighted by molar-refractivity contribution is -0.304. The molecule has 3 aliphatic heterocycles. The largest absolute Gasteiger partial charge is 0.462 e. The Morgan fingerprint density at radius 2 is 1.49 bits per heavy atom. The number of carbonyl (C=O) groups is 5. The molecule has 2 saturated heterocycles. The molecule has 21 heteroatoms. The second kappa shape index (κ2) is 26.3. The van der Waals surface area contributed by atoms with Gasteiger partial charge in [0.1, 0.15) is 18.3 Å². The van der Waals surface area contributed by atoms with E-state index < -0.39 is 133 Å². The highest BCUT2D eigenvalue weighted by atomic mass is 16.7. The van der Waals surface area contributed by atoms with E-state index in [-0.39, 0.29) is 25.4 Å². The third-order valence-corrected chi connectivity index (χ3v) is 13.2. The van der Waals surface area contributed by atoms with E-state index >= 15 is 0 Å². The number of aliphatic hydroxyl groups is 4. The van der Waals surface area contributed by atoms with Gasteiger partial charge in [-0.2, -0.15) is 0 Å². The second-order valence-corrected chi connectivity index (χ2v) is 19.3. The molecule has 1 aromatic heterocycles. The van der Waals surface area contributed by atoms with Gasteiger partial charge >= 0.3 is 23.9 Å². The van der Waals surface area contributed by atoms with Gasteiger partial charge in [-0.1, -0.05) is 43.7 Å². The van der Waals surface area contributed by atoms with Crippen LogP contribution in [-0.2, 0) is 70.2 Å². The Labute approximate surface area is 405 Å². The molecule has 390 valence electrons. The van der Waals surface area contributed by atoms with E-state index in [2.05, 4.69) is 10.3 Å². The van der Waals surface area contributed by atoms with Gasteiger partial charge in [0.15, 0.2) is 30.4 Å². The molecular weight excluding hydrogens is 903 g/mol. The highest BCUT2D eigenvalue weighted by Crippen LogP contribution is 2.35. The van der Waals surface area contributed by atoms with Crippen LogP contribution in [0.5, 0.6) is 0 Å². The average Bonchev–Trinajstić information content (AvgIpc) is 3.70. The fourth-order valence-corrected chi connectivity index (χ4v) is 9.54. The number of hydrogen-bond donors (Lipinski definition) is 4. The number of aliphatic hydroxyl groups excluding tert-OH is 4. The molecule has 0 spiro atoms. The van der Waals surface area contributed by atoms with E-state index in [0.717, 1.165) is 0 Å². The minimum atomic E-state index is -1.32. The van der Waals surface area contributed by atoms with Gasteiger partial charge in [0, 0.05) is 51.3 Å². The number of likely N-dealkylation sites (N-methyl/N-ethyl adjacent to an activating group) is 1. The van der Waals surface area contributed by atoms with Crippen molar-refractivity contribution in [3.63, 3.8) is 0 Å². The summed E-state index contributed by atoms with van der Waals surface area (Å²) >= 11 is 0. The van der Waals surface area contributed by atoms with Crippen molar-refractivity contribution in [2.24, 2.45) is 23.7 Å². The number of rotatable bonds is 15. The number of esters is 4. The Hall–Kier alpha value is -4.19. The van der Waals surface area contributed by atoms with Gasteiger partial charge in [-0.05, 0) is 79.7 Å². The zero-order valence-electron chi connectivity index (χ0n) is 42.2. The van der Waals surface area contributed by atoms with Crippen molar-refractivity contribution in [2.45, 2.75) is 181 Å². The Morgan fingerprint density at radius 3 is 2.10 bits per heavy atom. The van der Waals surface area contributed by atoms with E-state index in [4.69, 9.17) is 33.2 Å². The van der Waals surface area contributed by atoms with Crippen molar-refractivity contribution in [1.29, 1.82) is 0 Å². The molecule has 2 fully saturated rings. The van der Waals surface area contributed by atoms with Crippen LogP contribution < -0.4 is 0 Å². The molecular formula is C48H77N5O16. The zero-order chi connectivity index (χ0) is 51.4. The maximum absolute atomic E-state index is 13.8. The third kappa shape index (κ3) is 16.2. The maximum atomic E-state index is 13.8. The van der Waals surface area contributed by atoms with Gasteiger partial charge in [-0.25, -0.2) is 4.68 Å². The average molecular weight is 980 g/mol. The Kier molecular flexibility index (Phi) is 21.9. The van der Waals surface area contributed by atoms with Crippen molar-refractivity contribution < 1.29 is 77.6 Å². The fourth-order valence-electron chi connectivity index (χ4n) is 9.54. The number of hydrogen-bond acceptors (Lipinski definition) is 20. The molecule has 17 atom stereocenters. The van der Waals surface area contributed by atoms with Crippen LogP contribution in [-0.4, -0.2) is 189 Å². The Bertz CT molecular complexity index is 1930. The monoisotopic (exact) mass is 980 g/mol. The van der Waals surface area contributed by atoms with Gasteiger partial charge in [0.2, 0.25) is 0 Å². The highest BCUT2D eigenvalue weighted by Gasteiger charge is 2.51. The van der Waals surface area contributed by atoms with Crippen molar-refractivity contribution in [3.05, 3.63) is 35.7 Å². The fraction of sp³-hybridized carbons (Fsp3) is 0.771. The van der Waals surface area contributed by atoms with Crippen LogP contribution in [0.2, 0.25) is 0 Å². The number of ketones is 1. The first-order valence-corrected chi connectivity index (χ1v) is 23.9. The summed E-state index contributed by atoms with van der Waals surface area (Å²) in [5, 5.41) is 53.4. The lowest BCUT2D eigenvalue weighted by Gasteiger charge is -2.46. The van der Waals surface area contributed by atoms with Gasteiger partial charge in [0.25, 0.3) is 0 Å². The molecule has 4 N–H and O–H groups in total. The van der Waals surface area contributed by atoms with E-state index in [1.165, 1.54) is 31.5 Å². The van der Waals surface area contributed by atoms with Gasteiger partial charge in [-0.3, -0.25) is 24.0 Å². The molecule has 69 heavy (non-hydrogen) atoms. The summed E-state index contributed by atoms with van der Waals surface area (Å²) in [6.07, 6.45) is -5.02.